The summed E-state index contributed by atoms with van der Waals surface area (Å²) < 4.78 is 0. The summed E-state index contributed by atoms with van der Waals surface area (Å²) in [5.74, 6) is -0.475. The monoisotopic (exact) mass is 113 g/mol. The van der Waals surface area contributed by atoms with Crippen molar-refractivity contribution in [2.45, 2.75) is 20.8 Å². The molecule has 0 saturated heterocycles. The second kappa shape index (κ2) is 2.07. The maximum absolute atomic E-state index is 10.4. The summed E-state index contributed by atoms with van der Waals surface area (Å²) in [6.45, 7) is 5.04. The summed E-state index contributed by atoms with van der Waals surface area (Å²) in [4.78, 5) is 20.1. The van der Waals surface area contributed by atoms with E-state index >= 15 is 0 Å². The largest absolute Gasteiger partial charge is 0.290 e. The van der Waals surface area contributed by atoms with Gasteiger partial charge in [-0.2, -0.15) is 0 Å². The topological polar surface area (TPSA) is 34.1 Å². The third-order valence-corrected chi connectivity index (χ3v) is 0.774. The average Bonchev–Trinajstić information content (AvgIpc) is 1.62. The predicted molar refractivity (Wildman–Crippen MR) is 30.2 cm³/mol. The lowest BCUT2D eigenvalue weighted by Crippen LogP contribution is -2.20. The minimum Gasteiger partial charge on any atom is -0.290 e. The maximum atomic E-state index is 10.4. The smallest absolute Gasteiger partial charge is 0.272 e. The Kier molecular flexibility index (Phi) is 1.90. The molecular formula is C6H9O2. The molecule has 0 atom stereocenters. The number of carbonyl (C=O) groups excluding carboxylic acids is 2. The van der Waals surface area contributed by atoms with Gasteiger partial charge < -0.3 is 0 Å². The molecule has 2 nitrogen and oxygen atoms in total. The first kappa shape index (κ1) is 7.34. The zero-order valence-corrected chi connectivity index (χ0v) is 5.32. The van der Waals surface area contributed by atoms with Crippen LogP contribution in [0.4, 0.5) is 0 Å². The van der Waals surface area contributed by atoms with Crippen LogP contribution >= 0.6 is 0 Å². The second-order valence-corrected chi connectivity index (χ2v) is 2.68. The molecule has 0 saturated carbocycles. The summed E-state index contributed by atoms with van der Waals surface area (Å²) >= 11 is 0. The third kappa shape index (κ3) is 1.87. The van der Waals surface area contributed by atoms with E-state index in [0.717, 1.165) is 0 Å². The van der Waals surface area contributed by atoms with Gasteiger partial charge in [0.25, 0.3) is 6.29 Å². The fourth-order valence-electron chi connectivity index (χ4n) is 0.153. The van der Waals surface area contributed by atoms with Crippen LogP contribution in [0, 0.1) is 5.41 Å². The Morgan fingerprint density at radius 2 is 1.75 bits per heavy atom. The normalized spacial score (nSPS) is 10.9. The summed E-state index contributed by atoms with van der Waals surface area (Å²) in [5.41, 5.74) is -0.554. The molecule has 1 radical (unpaired) electrons. The quantitative estimate of drug-likeness (QED) is 0.469. The summed E-state index contributed by atoms with van der Waals surface area (Å²) in [5, 5.41) is 0. The van der Waals surface area contributed by atoms with Gasteiger partial charge in [0, 0.05) is 5.41 Å². The molecule has 0 aromatic heterocycles. The molecule has 0 spiro atoms. The highest BCUT2D eigenvalue weighted by molar-refractivity contribution is 6.27. The highest BCUT2D eigenvalue weighted by Gasteiger charge is 2.20. The zero-order valence-electron chi connectivity index (χ0n) is 5.32. The number of rotatable bonds is 1. The molecule has 0 aromatic carbocycles. The van der Waals surface area contributed by atoms with Gasteiger partial charge in [-0.15, -0.1) is 0 Å². The average molecular weight is 113 g/mol. The molecule has 0 aromatic rings. The molecule has 0 fully saturated rings. The fourth-order valence-corrected chi connectivity index (χ4v) is 0.153. The molecule has 0 unspecified atom stereocenters. The van der Waals surface area contributed by atoms with Crippen molar-refractivity contribution < 1.29 is 9.59 Å². The zero-order chi connectivity index (χ0) is 6.78. The van der Waals surface area contributed by atoms with Crippen LogP contribution in [-0.2, 0) is 9.59 Å². The van der Waals surface area contributed by atoms with Crippen molar-refractivity contribution in [1.29, 1.82) is 0 Å². The Labute approximate surface area is 48.9 Å². The SMILES string of the molecule is CC(C)(C)C(=O)[C]=O. The number of Topliss-reactive ketones (excluding diaryl/α,β-unsaturated/α-hetero) is 1. The Hall–Kier alpha value is -0.660. The summed E-state index contributed by atoms with van der Waals surface area (Å²) in [6.07, 6.45) is 1.32. The summed E-state index contributed by atoms with van der Waals surface area (Å²) in [6, 6.07) is 0. The molecule has 0 N–H and O–H groups in total. The van der Waals surface area contributed by atoms with Gasteiger partial charge in [-0.3, -0.25) is 9.59 Å². The molecule has 0 aliphatic heterocycles. The van der Waals surface area contributed by atoms with Gasteiger partial charge in [0.1, 0.15) is 0 Å². The van der Waals surface area contributed by atoms with Crippen molar-refractivity contribution in [3.63, 3.8) is 0 Å². The second-order valence-electron chi connectivity index (χ2n) is 2.68. The fraction of sp³-hybridized carbons (Fsp3) is 0.667. The molecular weight excluding hydrogens is 104 g/mol. The highest BCUT2D eigenvalue weighted by atomic mass is 16.2. The van der Waals surface area contributed by atoms with Gasteiger partial charge in [0.05, 0.1) is 0 Å². The lowest BCUT2D eigenvalue weighted by molar-refractivity contribution is -0.119. The Morgan fingerprint density at radius 3 is 1.75 bits per heavy atom. The molecule has 45 valence electrons. The first-order valence-corrected chi connectivity index (χ1v) is 2.41. The van der Waals surface area contributed by atoms with E-state index < -0.39 is 11.2 Å². The first-order chi connectivity index (χ1) is 3.48. The van der Waals surface area contributed by atoms with Gasteiger partial charge in [-0.25, -0.2) is 0 Å². The van der Waals surface area contributed by atoms with Gasteiger partial charge in [0.15, 0.2) is 0 Å². The van der Waals surface area contributed by atoms with Crippen molar-refractivity contribution in [1.82, 2.24) is 0 Å². The van der Waals surface area contributed by atoms with Gasteiger partial charge in [-0.1, -0.05) is 20.8 Å². The molecule has 8 heavy (non-hydrogen) atoms. The predicted octanol–water partition coefficient (Wildman–Crippen LogP) is 0.711. The van der Waals surface area contributed by atoms with E-state index in [1.54, 1.807) is 20.8 Å². The van der Waals surface area contributed by atoms with Gasteiger partial charge in [-0.05, 0) is 0 Å². The van der Waals surface area contributed by atoms with Crippen LogP contribution < -0.4 is 0 Å². The highest BCUT2D eigenvalue weighted by Crippen LogP contribution is 2.11. The van der Waals surface area contributed by atoms with Crippen LogP contribution in [0.25, 0.3) is 0 Å². The molecule has 0 aliphatic carbocycles. The molecule has 0 amide bonds. The van der Waals surface area contributed by atoms with E-state index in [-0.39, 0.29) is 0 Å². The minimum absolute atomic E-state index is 0.475. The summed E-state index contributed by atoms with van der Waals surface area (Å²) in [7, 11) is 0. The van der Waals surface area contributed by atoms with Crippen molar-refractivity contribution in [3.8, 4) is 0 Å². The first-order valence-electron chi connectivity index (χ1n) is 2.41. The van der Waals surface area contributed by atoms with Crippen LogP contribution in [0.3, 0.4) is 0 Å². The van der Waals surface area contributed by atoms with Crippen molar-refractivity contribution in [2.75, 3.05) is 0 Å². The van der Waals surface area contributed by atoms with Crippen molar-refractivity contribution in [2.24, 2.45) is 5.41 Å². The van der Waals surface area contributed by atoms with Crippen LogP contribution in [0.2, 0.25) is 0 Å². The van der Waals surface area contributed by atoms with Gasteiger partial charge in [0.2, 0.25) is 5.78 Å². The minimum atomic E-state index is -0.554. The molecule has 2 heteroatoms. The van der Waals surface area contributed by atoms with Crippen molar-refractivity contribution in [3.05, 3.63) is 0 Å². The molecule has 0 bridgehead atoms. The van der Waals surface area contributed by atoms with Crippen LogP contribution in [0.1, 0.15) is 20.8 Å². The van der Waals surface area contributed by atoms with E-state index in [1.165, 1.54) is 6.29 Å². The lowest BCUT2D eigenvalue weighted by atomic mass is 9.92. The molecule has 0 heterocycles. The maximum Gasteiger partial charge on any atom is 0.272 e. The van der Waals surface area contributed by atoms with Crippen molar-refractivity contribution >= 4 is 12.1 Å². The Balaban J connectivity index is 4.02. The van der Waals surface area contributed by atoms with E-state index in [4.69, 9.17) is 0 Å². The number of hydrogen-bond acceptors (Lipinski definition) is 2. The van der Waals surface area contributed by atoms with E-state index in [2.05, 4.69) is 0 Å². The number of hydrogen-bond donors (Lipinski definition) is 0. The van der Waals surface area contributed by atoms with E-state index in [0.29, 0.717) is 0 Å². The van der Waals surface area contributed by atoms with E-state index in [1.807, 2.05) is 0 Å². The molecule has 0 rings (SSSR count). The Morgan fingerprint density at radius 1 is 1.38 bits per heavy atom. The number of ketones is 1. The van der Waals surface area contributed by atoms with Crippen LogP contribution in [-0.4, -0.2) is 12.1 Å². The van der Waals surface area contributed by atoms with Crippen LogP contribution in [0.5, 0.6) is 0 Å². The molecule has 0 aliphatic rings. The third-order valence-electron chi connectivity index (χ3n) is 0.774. The Bertz CT molecular complexity index is 108. The van der Waals surface area contributed by atoms with E-state index in [9.17, 15) is 9.59 Å². The standard InChI is InChI=1S/C6H9O2/c1-6(2,3)5(8)4-7/h1-3H3. The van der Waals surface area contributed by atoms with Gasteiger partial charge >= 0.3 is 0 Å². The number of carbonyl (C=O) groups is 1. The lowest BCUT2D eigenvalue weighted by Gasteiger charge is -2.09. The van der Waals surface area contributed by atoms with Crippen LogP contribution in [0.15, 0.2) is 0 Å².